The van der Waals surface area contributed by atoms with E-state index in [0.29, 0.717) is 11.2 Å². The van der Waals surface area contributed by atoms with Crippen LogP contribution in [-0.2, 0) is 4.79 Å². The number of hydrogen-bond acceptors (Lipinski definition) is 1. The Hall–Kier alpha value is -0.590. The second-order valence-corrected chi connectivity index (χ2v) is 5.03. The molecule has 0 aromatic rings. The van der Waals surface area contributed by atoms with Crippen LogP contribution in [0, 0.1) is 5.41 Å². The number of hydrogen-bond donors (Lipinski definition) is 0. The number of Topliss-reactive ketones (excluding diaryl/α,β-unsaturated/α-hetero) is 1. The van der Waals surface area contributed by atoms with Gasteiger partial charge in [0.25, 0.3) is 0 Å². The van der Waals surface area contributed by atoms with E-state index < -0.39 is 0 Å². The summed E-state index contributed by atoms with van der Waals surface area (Å²) in [5, 5.41) is 0. The van der Waals surface area contributed by atoms with Crippen molar-refractivity contribution in [3.05, 3.63) is 11.1 Å². The number of ketones is 1. The van der Waals surface area contributed by atoms with Crippen LogP contribution in [-0.4, -0.2) is 5.78 Å². The molecule has 0 unspecified atom stereocenters. The third kappa shape index (κ3) is 1.56. The summed E-state index contributed by atoms with van der Waals surface area (Å²) in [6, 6.07) is 0. The highest BCUT2D eigenvalue weighted by molar-refractivity contribution is 5.83. The zero-order valence-corrected chi connectivity index (χ0v) is 8.65. The number of carbonyl (C=O) groups excluding carboxylic acids is 1. The average Bonchev–Trinajstić information content (AvgIpc) is 2.06. The van der Waals surface area contributed by atoms with Gasteiger partial charge in [-0.05, 0) is 31.1 Å². The van der Waals surface area contributed by atoms with Gasteiger partial charge < -0.3 is 0 Å². The quantitative estimate of drug-likeness (QED) is 0.520. The van der Waals surface area contributed by atoms with Gasteiger partial charge in [-0.3, -0.25) is 4.79 Å². The minimum Gasteiger partial charge on any atom is -0.299 e. The normalized spacial score (nSPS) is 27.4. The molecule has 0 spiro atoms. The highest BCUT2D eigenvalue weighted by atomic mass is 16.1. The Bertz CT molecular complexity index is 271. The van der Waals surface area contributed by atoms with Crippen molar-refractivity contribution in [2.45, 2.75) is 52.4 Å². The van der Waals surface area contributed by atoms with E-state index in [-0.39, 0.29) is 0 Å². The molecule has 0 atom stereocenters. The van der Waals surface area contributed by atoms with Gasteiger partial charge in [0.05, 0.1) is 0 Å². The van der Waals surface area contributed by atoms with Crippen molar-refractivity contribution in [2.24, 2.45) is 5.41 Å². The van der Waals surface area contributed by atoms with Gasteiger partial charge in [0, 0.05) is 12.8 Å². The zero-order valence-electron chi connectivity index (χ0n) is 8.65. The molecule has 0 amide bonds. The first-order chi connectivity index (χ1) is 6.09. The number of allylic oxidation sites excluding steroid dienone is 2. The first-order valence-electron chi connectivity index (χ1n) is 5.33. The zero-order chi connectivity index (χ0) is 9.47. The maximum Gasteiger partial charge on any atom is 0.137 e. The van der Waals surface area contributed by atoms with E-state index in [1.54, 1.807) is 5.57 Å². The molecular weight excluding hydrogens is 160 g/mol. The minimum atomic E-state index is 0.309. The maximum atomic E-state index is 11.4. The van der Waals surface area contributed by atoms with E-state index in [2.05, 4.69) is 13.8 Å². The summed E-state index contributed by atoms with van der Waals surface area (Å²) in [7, 11) is 0. The second-order valence-electron chi connectivity index (χ2n) is 5.03. The third-order valence-electron chi connectivity index (χ3n) is 3.60. The highest BCUT2D eigenvalue weighted by Gasteiger charge is 2.32. The lowest BCUT2D eigenvalue weighted by Crippen LogP contribution is -2.26. The standard InChI is InChI=1S/C12H18O/c1-12(2)7-3-4-9-5-6-10(13)8-11(9)12/h3-8H2,1-2H3. The monoisotopic (exact) mass is 178 g/mol. The lowest BCUT2D eigenvalue weighted by atomic mass is 9.68. The summed E-state index contributed by atoms with van der Waals surface area (Å²) in [5.74, 6) is 0.453. The molecule has 0 bridgehead atoms. The maximum absolute atomic E-state index is 11.4. The molecule has 0 saturated carbocycles. The molecule has 2 aliphatic carbocycles. The van der Waals surface area contributed by atoms with Crippen LogP contribution in [0.4, 0.5) is 0 Å². The van der Waals surface area contributed by atoms with E-state index in [9.17, 15) is 4.79 Å². The average molecular weight is 178 g/mol. The summed E-state index contributed by atoms with van der Waals surface area (Å²) < 4.78 is 0. The van der Waals surface area contributed by atoms with Crippen molar-refractivity contribution >= 4 is 5.78 Å². The topological polar surface area (TPSA) is 17.1 Å². The molecule has 0 fully saturated rings. The predicted molar refractivity (Wildman–Crippen MR) is 53.5 cm³/mol. The SMILES string of the molecule is CC1(C)CCCC2=C1CC(=O)CC2. The van der Waals surface area contributed by atoms with Gasteiger partial charge in [-0.2, -0.15) is 0 Å². The van der Waals surface area contributed by atoms with Gasteiger partial charge in [0.15, 0.2) is 0 Å². The van der Waals surface area contributed by atoms with Crippen LogP contribution >= 0.6 is 0 Å². The second kappa shape index (κ2) is 2.97. The van der Waals surface area contributed by atoms with Gasteiger partial charge in [-0.25, -0.2) is 0 Å². The van der Waals surface area contributed by atoms with Crippen molar-refractivity contribution in [1.82, 2.24) is 0 Å². The lowest BCUT2D eigenvalue weighted by molar-refractivity contribution is -0.119. The molecule has 2 aliphatic rings. The van der Waals surface area contributed by atoms with Gasteiger partial charge in [0.2, 0.25) is 0 Å². The molecule has 0 aromatic carbocycles. The summed E-state index contributed by atoms with van der Waals surface area (Å²) in [5.41, 5.74) is 3.40. The van der Waals surface area contributed by atoms with E-state index in [4.69, 9.17) is 0 Å². The van der Waals surface area contributed by atoms with E-state index >= 15 is 0 Å². The van der Waals surface area contributed by atoms with Crippen molar-refractivity contribution in [1.29, 1.82) is 0 Å². The molecular formula is C12H18O. The Morgan fingerprint density at radius 2 is 1.92 bits per heavy atom. The van der Waals surface area contributed by atoms with Gasteiger partial charge in [-0.1, -0.05) is 25.0 Å². The Balaban J connectivity index is 2.34. The summed E-state index contributed by atoms with van der Waals surface area (Å²) >= 11 is 0. The van der Waals surface area contributed by atoms with Crippen molar-refractivity contribution in [3.8, 4) is 0 Å². The minimum absolute atomic E-state index is 0.309. The van der Waals surface area contributed by atoms with Crippen LogP contribution in [0.15, 0.2) is 11.1 Å². The van der Waals surface area contributed by atoms with Crippen molar-refractivity contribution < 1.29 is 4.79 Å². The number of carbonyl (C=O) groups is 1. The largest absolute Gasteiger partial charge is 0.299 e. The highest BCUT2D eigenvalue weighted by Crippen LogP contribution is 2.45. The molecule has 0 radical (unpaired) electrons. The Kier molecular flexibility index (Phi) is 2.05. The Morgan fingerprint density at radius 3 is 2.69 bits per heavy atom. The fourth-order valence-electron chi connectivity index (χ4n) is 2.74. The summed E-state index contributed by atoms with van der Waals surface area (Å²) in [4.78, 5) is 11.4. The molecule has 0 aliphatic heterocycles. The van der Waals surface area contributed by atoms with Crippen molar-refractivity contribution in [3.63, 3.8) is 0 Å². The fourth-order valence-corrected chi connectivity index (χ4v) is 2.74. The van der Waals surface area contributed by atoms with Crippen LogP contribution in [0.25, 0.3) is 0 Å². The van der Waals surface area contributed by atoms with Gasteiger partial charge in [-0.15, -0.1) is 0 Å². The molecule has 0 aromatic heterocycles. The fraction of sp³-hybridized carbons (Fsp3) is 0.750. The van der Waals surface area contributed by atoms with Crippen LogP contribution in [0.1, 0.15) is 52.4 Å². The third-order valence-corrected chi connectivity index (χ3v) is 3.60. The first kappa shape index (κ1) is 8.98. The van der Waals surface area contributed by atoms with Gasteiger partial charge in [0.1, 0.15) is 5.78 Å². The first-order valence-corrected chi connectivity index (χ1v) is 5.33. The van der Waals surface area contributed by atoms with E-state index in [1.165, 1.54) is 24.8 Å². The smallest absolute Gasteiger partial charge is 0.137 e. The van der Waals surface area contributed by atoms with E-state index in [0.717, 1.165) is 19.3 Å². The molecule has 0 saturated heterocycles. The molecule has 72 valence electrons. The van der Waals surface area contributed by atoms with Gasteiger partial charge >= 0.3 is 0 Å². The van der Waals surface area contributed by atoms with Crippen molar-refractivity contribution in [2.75, 3.05) is 0 Å². The molecule has 1 heteroatoms. The molecule has 2 rings (SSSR count). The Labute approximate surface area is 80.2 Å². The van der Waals surface area contributed by atoms with Crippen LogP contribution < -0.4 is 0 Å². The Morgan fingerprint density at radius 1 is 1.15 bits per heavy atom. The van der Waals surface area contributed by atoms with E-state index in [1.807, 2.05) is 0 Å². The molecule has 1 nitrogen and oxygen atoms in total. The van der Waals surface area contributed by atoms with Crippen LogP contribution in [0.5, 0.6) is 0 Å². The molecule has 13 heavy (non-hydrogen) atoms. The predicted octanol–water partition coefficient (Wildman–Crippen LogP) is 3.25. The van der Waals surface area contributed by atoms with Crippen LogP contribution in [0.2, 0.25) is 0 Å². The molecule has 0 heterocycles. The molecule has 0 N–H and O–H groups in total. The number of rotatable bonds is 0. The lowest BCUT2D eigenvalue weighted by Gasteiger charge is -2.37. The summed E-state index contributed by atoms with van der Waals surface area (Å²) in [6.45, 7) is 4.58. The summed E-state index contributed by atoms with van der Waals surface area (Å²) in [6.07, 6.45) is 6.44. The van der Waals surface area contributed by atoms with Crippen LogP contribution in [0.3, 0.4) is 0 Å².